The van der Waals surface area contributed by atoms with Crippen molar-refractivity contribution in [1.82, 2.24) is 0 Å². The second kappa shape index (κ2) is 7.09. The summed E-state index contributed by atoms with van der Waals surface area (Å²) in [5.74, 6) is 0.407. The summed E-state index contributed by atoms with van der Waals surface area (Å²) in [4.78, 5) is 5.41. The Labute approximate surface area is 131 Å². The molecule has 0 radical (unpaired) electrons. The van der Waals surface area contributed by atoms with E-state index in [1.54, 1.807) is 43.8 Å². The molecule has 0 aliphatic heterocycles. The highest BCUT2D eigenvalue weighted by Crippen LogP contribution is 2.34. The molecule has 0 N–H and O–H groups in total. The molecule has 1 atom stereocenters. The molecule has 6 heteroatoms. The molecule has 3 nitrogen and oxygen atoms in total. The molecule has 2 aromatic rings. The van der Waals surface area contributed by atoms with Crippen molar-refractivity contribution < 1.29 is 9.47 Å². The van der Waals surface area contributed by atoms with Crippen molar-refractivity contribution in [2.75, 3.05) is 14.2 Å². The van der Waals surface area contributed by atoms with Crippen LogP contribution in [-0.2, 0) is 9.47 Å². The Kier molecular flexibility index (Phi) is 5.43. The molecule has 20 heavy (non-hydrogen) atoms. The van der Waals surface area contributed by atoms with Gasteiger partial charge in [-0.2, -0.15) is 0 Å². The third-order valence-corrected chi connectivity index (χ3v) is 4.16. The van der Waals surface area contributed by atoms with Gasteiger partial charge in [-0.05, 0) is 23.6 Å². The Morgan fingerprint density at radius 1 is 1.15 bits per heavy atom. The maximum Gasteiger partial charge on any atom is 0.223 e. The number of thiophene rings is 1. The van der Waals surface area contributed by atoms with Crippen LogP contribution in [-0.4, -0.2) is 20.1 Å². The summed E-state index contributed by atoms with van der Waals surface area (Å²) < 4.78 is 10.8. The van der Waals surface area contributed by atoms with E-state index >= 15 is 0 Å². The maximum atomic E-state index is 6.12. The van der Waals surface area contributed by atoms with Gasteiger partial charge in [0.05, 0.1) is 17.2 Å². The average Bonchev–Trinajstić information content (AvgIpc) is 2.95. The lowest BCUT2D eigenvalue weighted by Gasteiger charge is -2.15. The Balaban J connectivity index is 2.43. The first-order chi connectivity index (χ1) is 9.67. The Morgan fingerprint density at radius 3 is 2.35 bits per heavy atom. The van der Waals surface area contributed by atoms with E-state index in [0.717, 1.165) is 4.88 Å². The van der Waals surface area contributed by atoms with E-state index in [0.29, 0.717) is 21.6 Å². The van der Waals surface area contributed by atoms with Gasteiger partial charge in [-0.1, -0.05) is 35.3 Å². The molecule has 0 bridgehead atoms. The summed E-state index contributed by atoms with van der Waals surface area (Å²) in [6.45, 7) is 0. The third-order valence-electron chi connectivity index (χ3n) is 2.63. The molecule has 1 heterocycles. The van der Waals surface area contributed by atoms with Gasteiger partial charge in [0.2, 0.25) is 5.90 Å². The van der Waals surface area contributed by atoms with Crippen molar-refractivity contribution in [1.29, 1.82) is 0 Å². The SMILES string of the molecule is COC(=Nc1c(Cl)cccc1Cl)C(OC)c1cccs1. The molecule has 1 aromatic heterocycles. The van der Waals surface area contributed by atoms with E-state index < -0.39 is 0 Å². The molecule has 0 fully saturated rings. The molecule has 1 aromatic carbocycles. The number of ether oxygens (including phenoxy) is 2. The van der Waals surface area contributed by atoms with Gasteiger partial charge in [0.25, 0.3) is 0 Å². The van der Waals surface area contributed by atoms with Crippen molar-refractivity contribution in [3.8, 4) is 0 Å². The zero-order chi connectivity index (χ0) is 14.5. The first-order valence-electron chi connectivity index (χ1n) is 5.80. The van der Waals surface area contributed by atoms with Crippen LogP contribution in [0.25, 0.3) is 0 Å². The number of para-hydroxylation sites is 1. The summed E-state index contributed by atoms with van der Waals surface area (Å²) in [5, 5.41) is 2.90. The van der Waals surface area contributed by atoms with E-state index in [1.165, 1.54) is 0 Å². The minimum Gasteiger partial charge on any atom is -0.482 e. The number of hydrogen-bond acceptors (Lipinski definition) is 4. The number of aliphatic imine (C=N–C) groups is 1. The molecule has 0 spiro atoms. The van der Waals surface area contributed by atoms with Crippen molar-refractivity contribution in [2.24, 2.45) is 4.99 Å². The summed E-state index contributed by atoms with van der Waals surface area (Å²) in [5.41, 5.74) is 0.478. The molecule has 0 saturated heterocycles. The second-order valence-electron chi connectivity index (χ2n) is 3.86. The summed E-state index contributed by atoms with van der Waals surface area (Å²) in [6.07, 6.45) is -0.382. The Morgan fingerprint density at radius 2 is 1.85 bits per heavy atom. The van der Waals surface area contributed by atoms with Gasteiger partial charge in [0, 0.05) is 12.0 Å². The van der Waals surface area contributed by atoms with Crippen LogP contribution in [0.5, 0.6) is 0 Å². The lowest BCUT2D eigenvalue weighted by molar-refractivity contribution is 0.137. The average molecular weight is 330 g/mol. The quantitative estimate of drug-likeness (QED) is 0.575. The molecule has 106 valence electrons. The monoisotopic (exact) mass is 329 g/mol. The maximum absolute atomic E-state index is 6.12. The highest BCUT2D eigenvalue weighted by Gasteiger charge is 2.21. The smallest absolute Gasteiger partial charge is 0.223 e. The number of rotatable bonds is 4. The van der Waals surface area contributed by atoms with Crippen molar-refractivity contribution >= 4 is 46.1 Å². The van der Waals surface area contributed by atoms with Gasteiger partial charge in [0.1, 0.15) is 5.69 Å². The zero-order valence-electron chi connectivity index (χ0n) is 11.0. The van der Waals surface area contributed by atoms with Crippen molar-refractivity contribution in [2.45, 2.75) is 6.10 Å². The van der Waals surface area contributed by atoms with E-state index in [4.69, 9.17) is 32.7 Å². The molecular weight excluding hydrogens is 317 g/mol. The summed E-state index contributed by atoms with van der Waals surface area (Å²) in [7, 11) is 3.15. The van der Waals surface area contributed by atoms with Crippen LogP contribution >= 0.6 is 34.5 Å². The lowest BCUT2D eigenvalue weighted by Crippen LogP contribution is -2.15. The Bertz CT molecular complexity index is 579. The summed E-state index contributed by atoms with van der Waals surface area (Å²) in [6, 6.07) is 9.13. The van der Waals surface area contributed by atoms with Crippen LogP contribution in [0.2, 0.25) is 10.0 Å². The predicted molar refractivity (Wildman–Crippen MR) is 84.6 cm³/mol. The minimum absolute atomic E-state index is 0.382. The molecule has 0 saturated carbocycles. The van der Waals surface area contributed by atoms with Gasteiger partial charge >= 0.3 is 0 Å². The van der Waals surface area contributed by atoms with Gasteiger partial charge in [0.15, 0.2) is 6.10 Å². The highest BCUT2D eigenvalue weighted by molar-refractivity contribution is 7.10. The zero-order valence-corrected chi connectivity index (χ0v) is 13.3. The van der Waals surface area contributed by atoms with Gasteiger partial charge in [-0.25, -0.2) is 4.99 Å². The number of nitrogens with zero attached hydrogens (tertiary/aromatic N) is 1. The second-order valence-corrected chi connectivity index (χ2v) is 5.65. The predicted octanol–water partition coefficient (Wildman–Crippen LogP) is 5.12. The first kappa shape index (κ1) is 15.3. The van der Waals surface area contributed by atoms with Crippen molar-refractivity contribution in [3.63, 3.8) is 0 Å². The van der Waals surface area contributed by atoms with E-state index in [2.05, 4.69) is 4.99 Å². The fourth-order valence-corrected chi connectivity index (χ4v) is 2.97. The Hall–Kier alpha value is -1.07. The van der Waals surface area contributed by atoms with Gasteiger partial charge in [-0.3, -0.25) is 0 Å². The minimum atomic E-state index is -0.382. The first-order valence-corrected chi connectivity index (χ1v) is 7.43. The summed E-state index contributed by atoms with van der Waals surface area (Å²) >= 11 is 13.8. The lowest BCUT2D eigenvalue weighted by atomic mass is 10.2. The van der Waals surface area contributed by atoms with Crippen LogP contribution in [0, 0.1) is 0 Å². The molecular formula is C14H13Cl2NO2S. The fraction of sp³-hybridized carbons (Fsp3) is 0.214. The standard InChI is InChI=1S/C14H13Cl2NO2S/c1-18-13(11-7-4-8-20-11)14(19-2)17-12-9(15)5-3-6-10(12)16/h3-8,13H,1-2H3. The molecule has 1 unspecified atom stereocenters. The van der Waals surface area contributed by atoms with E-state index in [9.17, 15) is 0 Å². The van der Waals surface area contributed by atoms with Crippen LogP contribution in [0.1, 0.15) is 11.0 Å². The molecule has 0 amide bonds. The number of hydrogen-bond donors (Lipinski definition) is 0. The van der Waals surface area contributed by atoms with Gasteiger partial charge < -0.3 is 9.47 Å². The number of benzene rings is 1. The highest BCUT2D eigenvalue weighted by atomic mass is 35.5. The molecule has 0 aliphatic carbocycles. The van der Waals surface area contributed by atoms with Crippen LogP contribution in [0.15, 0.2) is 40.7 Å². The van der Waals surface area contributed by atoms with Crippen LogP contribution in [0.3, 0.4) is 0 Å². The third kappa shape index (κ3) is 3.33. The normalized spacial score (nSPS) is 13.3. The number of methoxy groups -OCH3 is 2. The van der Waals surface area contributed by atoms with Crippen LogP contribution in [0.4, 0.5) is 5.69 Å². The number of halogens is 2. The van der Waals surface area contributed by atoms with E-state index in [-0.39, 0.29) is 6.10 Å². The largest absolute Gasteiger partial charge is 0.482 e. The van der Waals surface area contributed by atoms with Crippen molar-refractivity contribution in [3.05, 3.63) is 50.6 Å². The van der Waals surface area contributed by atoms with Crippen LogP contribution < -0.4 is 0 Å². The van der Waals surface area contributed by atoms with Gasteiger partial charge in [-0.15, -0.1) is 11.3 Å². The molecule has 0 aliphatic rings. The van der Waals surface area contributed by atoms with E-state index in [1.807, 2.05) is 17.5 Å². The topological polar surface area (TPSA) is 30.8 Å². The fourth-order valence-electron chi connectivity index (χ4n) is 1.70. The molecule has 2 rings (SSSR count).